The molecule has 0 bridgehead atoms. The van der Waals surface area contributed by atoms with Crippen LogP contribution in [-0.4, -0.2) is 37.9 Å². The van der Waals surface area contributed by atoms with Gasteiger partial charge in [0.15, 0.2) is 0 Å². The molecular formula is C10H12F3NO4S. The van der Waals surface area contributed by atoms with Gasteiger partial charge in [-0.2, -0.15) is 13.2 Å². The molecule has 0 aliphatic heterocycles. The number of aliphatic hydroxyl groups excluding tert-OH is 2. The summed E-state index contributed by atoms with van der Waals surface area (Å²) in [6.07, 6.45) is -4.55. The molecule has 19 heavy (non-hydrogen) atoms. The van der Waals surface area contributed by atoms with Crippen molar-refractivity contribution >= 4 is 10.0 Å². The van der Waals surface area contributed by atoms with Crippen molar-refractivity contribution in [1.29, 1.82) is 0 Å². The highest BCUT2D eigenvalue weighted by molar-refractivity contribution is 7.89. The second-order valence-electron chi connectivity index (χ2n) is 3.71. The second kappa shape index (κ2) is 5.87. The summed E-state index contributed by atoms with van der Waals surface area (Å²) in [5, 5.41) is 17.5. The summed E-state index contributed by atoms with van der Waals surface area (Å²) in [5.41, 5.74) is -0.965. The van der Waals surface area contributed by atoms with E-state index in [1.54, 1.807) is 0 Å². The van der Waals surface area contributed by atoms with Gasteiger partial charge in [0, 0.05) is 0 Å². The van der Waals surface area contributed by atoms with Crippen molar-refractivity contribution in [3.8, 4) is 0 Å². The highest BCUT2D eigenvalue weighted by Gasteiger charge is 2.30. The second-order valence-corrected chi connectivity index (χ2v) is 5.42. The zero-order valence-electron chi connectivity index (χ0n) is 9.55. The van der Waals surface area contributed by atoms with Gasteiger partial charge in [-0.25, -0.2) is 13.1 Å². The predicted octanol–water partition coefficient (Wildman–Crippen LogP) is 0.337. The summed E-state index contributed by atoms with van der Waals surface area (Å²) < 4.78 is 62.3. The van der Waals surface area contributed by atoms with Crippen LogP contribution in [-0.2, 0) is 16.2 Å². The molecule has 108 valence electrons. The molecule has 0 atom stereocenters. The van der Waals surface area contributed by atoms with Gasteiger partial charge < -0.3 is 10.2 Å². The lowest BCUT2D eigenvalue weighted by Crippen LogP contribution is -2.40. The summed E-state index contributed by atoms with van der Waals surface area (Å²) in [6, 6.07) is 1.78. The van der Waals surface area contributed by atoms with Crippen molar-refractivity contribution in [1.82, 2.24) is 4.72 Å². The number of nitrogens with one attached hydrogen (secondary N) is 1. The molecule has 1 aromatic carbocycles. The molecule has 3 N–H and O–H groups in total. The van der Waals surface area contributed by atoms with Gasteiger partial charge in [-0.05, 0) is 24.3 Å². The first-order chi connectivity index (χ1) is 8.70. The third-order valence-electron chi connectivity index (χ3n) is 2.25. The van der Waals surface area contributed by atoms with Crippen LogP contribution >= 0.6 is 0 Å². The van der Waals surface area contributed by atoms with E-state index in [1.165, 1.54) is 0 Å². The number of sulfonamides is 1. The Morgan fingerprint density at radius 1 is 1.11 bits per heavy atom. The van der Waals surface area contributed by atoms with Crippen molar-refractivity contribution in [3.63, 3.8) is 0 Å². The predicted molar refractivity (Wildman–Crippen MR) is 59.7 cm³/mol. The van der Waals surface area contributed by atoms with Gasteiger partial charge in [0.1, 0.15) is 0 Å². The molecule has 0 unspecified atom stereocenters. The first kappa shape index (κ1) is 15.9. The summed E-state index contributed by atoms with van der Waals surface area (Å²) in [4.78, 5) is -0.382. The molecule has 0 radical (unpaired) electrons. The SMILES string of the molecule is O=S(=O)(NC(CO)CO)c1ccc(C(F)(F)F)cc1. The standard InChI is InChI=1S/C10H12F3NO4S/c11-10(12,13)7-1-3-9(4-2-7)19(17,18)14-8(5-15)6-16/h1-4,8,14-16H,5-6H2. The lowest BCUT2D eigenvalue weighted by atomic mass is 10.2. The van der Waals surface area contributed by atoms with Gasteiger partial charge in [0.05, 0.1) is 29.7 Å². The molecule has 0 aliphatic carbocycles. The van der Waals surface area contributed by atoms with E-state index >= 15 is 0 Å². The average molecular weight is 299 g/mol. The monoisotopic (exact) mass is 299 g/mol. The van der Waals surface area contributed by atoms with E-state index in [-0.39, 0.29) is 4.90 Å². The Hall–Kier alpha value is -1.16. The highest BCUT2D eigenvalue weighted by Crippen LogP contribution is 2.29. The minimum atomic E-state index is -4.55. The molecule has 0 aliphatic rings. The summed E-state index contributed by atoms with van der Waals surface area (Å²) >= 11 is 0. The van der Waals surface area contributed by atoms with Crippen molar-refractivity contribution in [2.45, 2.75) is 17.1 Å². The number of benzene rings is 1. The van der Waals surface area contributed by atoms with Gasteiger partial charge in [-0.1, -0.05) is 0 Å². The lowest BCUT2D eigenvalue weighted by molar-refractivity contribution is -0.137. The minimum absolute atomic E-state index is 0.382. The number of hydrogen-bond acceptors (Lipinski definition) is 4. The van der Waals surface area contributed by atoms with Gasteiger partial charge in [0.25, 0.3) is 0 Å². The maximum absolute atomic E-state index is 12.3. The van der Waals surface area contributed by atoms with Crippen molar-refractivity contribution in [2.24, 2.45) is 0 Å². The molecule has 0 amide bonds. The minimum Gasteiger partial charge on any atom is -0.395 e. The Morgan fingerprint density at radius 2 is 1.58 bits per heavy atom. The molecule has 0 heterocycles. The maximum atomic E-state index is 12.3. The van der Waals surface area contributed by atoms with Crippen LogP contribution in [0.15, 0.2) is 29.2 Å². The van der Waals surface area contributed by atoms with Crippen LogP contribution in [0, 0.1) is 0 Å². The van der Waals surface area contributed by atoms with E-state index in [2.05, 4.69) is 0 Å². The van der Waals surface area contributed by atoms with Crippen molar-refractivity contribution in [2.75, 3.05) is 13.2 Å². The zero-order chi connectivity index (χ0) is 14.7. The summed E-state index contributed by atoms with van der Waals surface area (Å²) in [7, 11) is -4.08. The number of hydrogen-bond donors (Lipinski definition) is 3. The van der Waals surface area contributed by atoms with Crippen LogP contribution in [0.4, 0.5) is 13.2 Å². The van der Waals surface area contributed by atoms with Crippen LogP contribution < -0.4 is 4.72 Å². The van der Waals surface area contributed by atoms with Gasteiger partial charge >= 0.3 is 6.18 Å². The van der Waals surface area contributed by atoms with E-state index in [1.807, 2.05) is 4.72 Å². The summed E-state index contributed by atoms with van der Waals surface area (Å²) in [5.74, 6) is 0. The molecule has 0 saturated heterocycles. The Bertz CT molecular complexity index is 509. The maximum Gasteiger partial charge on any atom is 0.416 e. The number of aliphatic hydroxyl groups is 2. The average Bonchev–Trinajstić information content (AvgIpc) is 2.35. The Labute approximate surface area is 107 Å². The van der Waals surface area contributed by atoms with Crippen LogP contribution in [0.1, 0.15) is 5.56 Å². The smallest absolute Gasteiger partial charge is 0.395 e. The third kappa shape index (κ3) is 4.16. The van der Waals surface area contributed by atoms with Crippen molar-refractivity contribution in [3.05, 3.63) is 29.8 Å². The zero-order valence-corrected chi connectivity index (χ0v) is 10.4. The topological polar surface area (TPSA) is 86.6 Å². The van der Waals surface area contributed by atoms with E-state index in [0.29, 0.717) is 12.1 Å². The van der Waals surface area contributed by atoms with Crippen LogP contribution in [0.25, 0.3) is 0 Å². The highest BCUT2D eigenvalue weighted by atomic mass is 32.2. The summed E-state index contributed by atoms with van der Waals surface area (Å²) in [6.45, 7) is -1.26. The van der Waals surface area contributed by atoms with E-state index in [4.69, 9.17) is 10.2 Å². The molecule has 0 fully saturated rings. The third-order valence-corrected chi connectivity index (χ3v) is 3.79. The van der Waals surface area contributed by atoms with Crippen molar-refractivity contribution < 1.29 is 31.8 Å². The van der Waals surface area contributed by atoms with Crippen LogP contribution in [0.3, 0.4) is 0 Å². The quantitative estimate of drug-likeness (QED) is 0.731. The first-order valence-corrected chi connectivity index (χ1v) is 6.60. The Balaban J connectivity index is 2.97. The van der Waals surface area contributed by atoms with Gasteiger partial charge in [0.2, 0.25) is 10.0 Å². The molecule has 1 rings (SSSR count). The fourth-order valence-electron chi connectivity index (χ4n) is 1.24. The number of rotatable bonds is 5. The largest absolute Gasteiger partial charge is 0.416 e. The normalized spacial score (nSPS) is 12.9. The van der Waals surface area contributed by atoms with Crippen LogP contribution in [0.2, 0.25) is 0 Å². The Morgan fingerprint density at radius 3 is 1.95 bits per heavy atom. The first-order valence-electron chi connectivity index (χ1n) is 5.12. The molecule has 5 nitrogen and oxygen atoms in total. The number of halogens is 3. The van der Waals surface area contributed by atoms with E-state index in [9.17, 15) is 21.6 Å². The molecule has 0 spiro atoms. The van der Waals surface area contributed by atoms with E-state index in [0.717, 1.165) is 12.1 Å². The molecular weight excluding hydrogens is 287 g/mol. The molecule has 9 heteroatoms. The van der Waals surface area contributed by atoms with Gasteiger partial charge in [-0.15, -0.1) is 0 Å². The Kier molecular flexibility index (Phi) is 4.91. The molecule has 1 aromatic rings. The fraction of sp³-hybridized carbons (Fsp3) is 0.400. The van der Waals surface area contributed by atoms with Gasteiger partial charge in [-0.3, -0.25) is 0 Å². The molecule has 0 saturated carbocycles. The fourth-order valence-corrected chi connectivity index (χ4v) is 2.46. The number of alkyl halides is 3. The van der Waals surface area contributed by atoms with Crippen LogP contribution in [0.5, 0.6) is 0 Å². The van der Waals surface area contributed by atoms with E-state index < -0.39 is 41.0 Å². The molecule has 0 aromatic heterocycles. The lowest BCUT2D eigenvalue weighted by Gasteiger charge is -2.14.